The van der Waals surface area contributed by atoms with Crippen LogP contribution in [0.3, 0.4) is 0 Å². The second kappa shape index (κ2) is 4.28. The van der Waals surface area contributed by atoms with Crippen molar-refractivity contribution >= 4 is 11.0 Å². The van der Waals surface area contributed by atoms with Crippen molar-refractivity contribution in [1.82, 2.24) is 9.97 Å². The molecule has 4 nitrogen and oxygen atoms in total. The minimum absolute atomic E-state index is 0.203. The van der Waals surface area contributed by atoms with E-state index in [4.69, 9.17) is 0 Å². The smallest absolute Gasteiger partial charge is 0.323 e. The Morgan fingerprint density at radius 3 is 2.78 bits per heavy atom. The molecule has 1 aromatic carbocycles. The van der Waals surface area contributed by atoms with E-state index in [1.165, 1.54) is 12.8 Å². The number of aliphatic hydroxyl groups is 1. The van der Waals surface area contributed by atoms with Crippen LogP contribution in [0.1, 0.15) is 37.9 Å². The van der Waals surface area contributed by atoms with Gasteiger partial charge in [0.25, 0.3) is 0 Å². The lowest BCUT2D eigenvalue weighted by Gasteiger charge is -2.22. The molecule has 96 valence electrons. The SMILES string of the molecule is CC1CCCC1C(O)c1ccc2[nH]c(=O)[nH]c2c1. The van der Waals surface area contributed by atoms with Gasteiger partial charge in [-0.25, -0.2) is 4.79 Å². The largest absolute Gasteiger partial charge is 0.388 e. The molecule has 0 spiro atoms. The van der Waals surface area contributed by atoms with E-state index in [2.05, 4.69) is 16.9 Å². The molecule has 1 aliphatic rings. The molecule has 4 heteroatoms. The standard InChI is InChI=1S/C14H18N2O2/c1-8-3-2-4-10(8)13(17)9-5-6-11-12(7-9)16-14(18)15-11/h5-8,10,13,17H,2-4H2,1H3,(H2,15,16,18). The molecular formula is C14H18N2O2. The molecule has 3 rings (SSSR count). The van der Waals surface area contributed by atoms with Crippen LogP contribution >= 0.6 is 0 Å². The molecule has 2 aromatic rings. The number of aromatic nitrogens is 2. The van der Waals surface area contributed by atoms with Gasteiger partial charge in [0.1, 0.15) is 0 Å². The summed E-state index contributed by atoms with van der Waals surface area (Å²) in [5.41, 5.74) is 2.25. The number of aliphatic hydroxyl groups excluding tert-OH is 1. The van der Waals surface area contributed by atoms with E-state index in [0.717, 1.165) is 23.0 Å². The Morgan fingerprint density at radius 2 is 2.06 bits per heavy atom. The topological polar surface area (TPSA) is 68.9 Å². The van der Waals surface area contributed by atoms with Crippen LogP contribution in [-0.2, 0) is 0 Å². The van der Waals surface area contributed by atoms with Gasteiger partial charge >= 0.3 is 5.69 Å². The third-order valence-corrected chi connectivity index (χ3v) is 4.21. The summed E-state index contributed by atoms with van der Waals surface area (Å²) in [5, 5.41) is 10.5. The normalized spacial score (nSPS) is 25.7. The first kappa shape index (κ1) is 11.5. The Hall–Kier alpha value is -1.55. The maximum Gasteiger partial charge on any atom is 0.323 e. The quantitative estimate of drug-likeness (QED) is 0.761. The molecule has 0 aliphatic heterocycles. The first-order chi connectivity index (χ1) is 8.65. The van der Waals surface area contributed by atoms with Gasteiger partial charge < -0.3 is 15.1 Å². The lowest BCUT2D eigenvalue weighted by Crippen LogP contribution is -2.15. The van der Waals surface area contributed by atoms with E-state index >= 15 is 0 Å². The summed E-state index contributed by atoms with van der Waals surface area (Å²) >= 11 is 0. The van der Waals surface area contributed by atoms with Gasteiger partial charge in [-0.1, -0.05) is 25.8 Å². The zero-order valence-electron chi connectivity index (χ0n) is 10.4. The molecule has 3 N–H and O–H groups in total. The molecule has 0 radical (unpaired) electrons. The highest BCUT2D eigenvalue weighted by molar-refractivity contribution is 5.75. The Bertz CT molecular complexity index is 614. The summed E-state index contributed by atoms with van der Waals surface area (Å²) in [6.07, 6.45) is 3.06. The molecule has 1 aliphatic carbocycles. The fourth-order valence-corrected chi connectivity index (χ4v) is 3.12. The van der Waals surface area contributed by atoms with Crippen molar-refractivity contribution in [3.63, 3.8) is 0 Å². The Morgan fingerprint density at radius 1 is 1.28 bits per heavy atom. The highest BCUT2D eigenvalue weighted by Crippen LogP contribution is 2.40. The highest BCUT2D eigenvalue weighted by Gasteiger charge is 2.30. The summed E-state index contributed by atoms with van der Waals surface area (Å²) in [6, 6.07) is 5.64. The zero-order valence-corrected chi connectivity index (χ0v) is 10.4. The van der Waals surface area contributed by atoms with Crippen LogP contribution in [-0.4, -0.2) is 15.1 Å². The zero-order chi connectivity index (χ0) is 12.7. The summed E-state index contributed by atoms with van der Waals surface area (Å²) in [5.74, 6) is 0.911. The van der Waals surface area contributed by atoms with E-state index < -0.39 is 6.10 Å². The van der Waals surface area contributed by atoms with E-state index in [9.17, 15) is 9.90 Å². The molecule has 1 heterocycles. The number of hydrogen-bond acceptors (Lipinski definition) is 2. The van der Waals surface area contributed by atoms with E-state index in [1.807, 2.05) is 18.2 Å². The van der Waals surface area contributed by atoms with Crippen LogP contribution in [0, 0.1) is 11.8 Å². The van der Waals surface area contributed by atoms with E-state index in [1.54, 1.807) is 0 Å². The summed E-state index contributed by atoms with van der Waals surface area (Å²) in [7, 11) is 0. The molecule has 0 amide bonds. The lowest BCUT2D eigenvalue weighted by molar-refractivity contribution is 0.0902. The summed E-state index contributed by atoms with van der Waals surface area (Å²) < 4.78 is 0. The number of benzene rings is 1. The van der Waals surface area contributed by atoms with Crippen molar-refractivity contribution in [2.45, 2.75) is 32.3 Å². The van der Waals surface area contributed by atoms with Crippen molar-refractivity contribution in [3.8, 4) is 0 Å². The van der Waals surface area contributed by atoms with Crippen LogP contribution < -0.4 is 5.69 Å². The maximum absolute atomic E-state index is 11.2. The predicted octanol–water partition coefficient (Wildman–Crippen LogP) is 2.33. The van der Waals surface area contributed by atoms with Crippen molar-refractivity contribution in [1.29, 1.82) is 0 Å². The fourth-order valence-electron chi connectivity index (χ4n) is 3.12. The number of H-pyrrole nitrogens is 2. The van der Waals surface area contributed by atoms with Gasteiger partial charge in [0.2, 0.25) is 0 Å². The van der Waals surface area contributed by atoms with Gasteiger partial charge in [-0.05, 0) is 36.0 Å². The van der Waals surface area contributed by atoms with Crippen LogP contribution in [0.5, 0.6) is 0 Å². The van der Waals surface area contributed by atoms with Crippen LogP contribution in [0.2, 0.25) is 0 Å². The lowest BCUT2D eigenvalue weighted by atomic mass is 9.88. The minimum atomic E-state index is -0.426. The number of nitrogens with one attached hydrogen (secondary N) is 2. The number of aromatic amines is 2. The predicted molar refractivity (Wildman–Crippen MR) is 70.4 cm³/mol. The van der Waals surface area contributed by atoms with Gasteiger partial charge in [0, 0.05) is 0 Å². The van der Waals surface area contributed by atoms with Crippen molar-refractivity contribution in [3.05, 3.63) is 34.2 Å². The highest BCUT2D eigenvalue weighted by atomic mass is 16.3. The van der Waals surface area contributed by atoms with Crippen molar-refractivity contribution < 1.29 is 5.11 Å². The molecule has 18 heavy (non-hydrogen) atoms. The average molecular weight is 246 g/mol. The molecule has 1 aromatic heterocycles. The van der Waals surface area contributed by atoms with Gasteiger partial charge in [-0.3, -0.25) is 0 Å². The first-order valence-corrected chi connectivity index (χ1v) is 6.55. The summed E-state index contributed by atoms with van der Waals surface area (Å²) in [6.45, 7) is 2.21. The monoisotopic (exact) mass is 246 g/mol. The number of hydrogen-bond donors (Lipinski definition) is 3. The van der Waals surface area contributed by atoms with Crippen molar-refractivity contribution in [2.75, 3.05) is 0 Å². The molecule has 3 atom stereocenters. The van der Waals surface area contributed by atoms with Crippen molar-refractivity contribution in [2.24, 2.45) is 11.8 Å². The Balaban J connectivity index is 1.95. The number of fused-ring (bicyclic) bond motifs is 1. The molecule has 0 bridgehead atoms. The second-order valence-corrected chi connectivity index (χ2v) is 5.40. The Labute approximate surface area is 105 Å². The summed E-state index contributed by atoms with van der Waals surface area (Å²) in [4.78, 5) is 16.6. The third kappa shape index (κ3) is 1.86. The number of imidazole rings is 1. The van der Waals surface area contributed by atoms with E-state index in [0.29, 0.717) is 11.8 Å². The van der Waals surface area contributed by atoms with Gasteiger partial charge in [0.15, 0.2) is 0 Å². The van der Waals surface area contributed by atoms with E-state index in [-0.39, 0.29) is 5.69 Å². The van der Waals surface area contributed by atoms with Gasteiger partial charge in [-0.2, -0.15) is 0 Å². The third-order valence-electron chi connectivity index (χ3n) is 4.21. The molecule has 1 saturated carbocycles. The van der Waals surface area contributed by atoms with Gasteiger partial charge in [-0.15, -0.1) is 0 Å². The fraction of sp³-hybridized carbons (Fsp3) is 0.500. The van der Waals surface area contributed by atoms with Crippen LogP contribution in [0.4, 0.5) is 0 Å². The average Bonchev–Trinajstić information content (AvgIpc) is 2.91. The van der Waals surface area contributed by atoms with Crippen LogP contribution in [0.15, 0.2) is 23.0 Å². The minimum Gasteiger partial charge on any atom is -0.388 e. The molecule has 1 fully saturated rings. The van der Waals surface area contributed by atoms with Gasteiger partial charge in [0.05, 0.1) is 17.1 Å². The Kier molecular flexibility index (Phi) is 2.74. The second-order valence-electron chi connectivity index (χ2n) is 5.40. The maximum atomic E-state index is 11.2. The van der Waals surface area contributed by atoms with Crippen LogP contribution in [0.25, 0.3) is 11.0 Å². The molecule has 0 saturated heterocycles. The molecule has 3 unspecified atom stereocenters. The number of rotatable bonds is 2. The first-order valence-electron chi connectivity index (χ1n) is 6.55. The molecular weight excluding hydrogens is 228 g/mol.